The minimum absolute atomic E-state index is 0.0855. The second-order valence-corrected chi connectivity index (χ2v) is 8.63. The largest absolute Gasteiger partial charge is 0.493 e. The molecular weight excluding hydrogens is 426 g/mol. The molecule has 4 nitrogen and oxygen atoms in total. The first-order valence-electron chi connectivity index (χ1n) is 10.6. The van der Waals surface area contributed by atoms with Crippen LogP contribution in [0.15, 0.2) is 24.3 Å². The fourth-order valence-corrected chi connectivity index (χ4v) is 4.78. The van der Waals surface area contributed by atoms with Gasteiger partial charge in [0.1, 0.15) is 5.67 Å². The van der Waals surface area contributed by atoms with Crippen molar-refractivity contribution in [2.24, 2.45) is 5.92 Å². The maximum Gasteiger partial charge on any atom is 0.194 e. The fourth-order valence-electron chi connectivity index (χ4n) is 4.78. The molecule has 1 aliphatic carbocycles. The topological polar surface area (TPSA) is 38.8 Å². The van der Waals surface area contributed by atoms with E-state index in [1.165, 1.54) is 14.2 Å². The summed E-state index contributed by atoms with van der Waals surface area (Å²) in [5, 5.41) is 0. The molecule has 1 saturated heterocycles. The monoisotopic (exact) mass is 451 g/mol. The van der Waals surface area contributed by atoms with Crippen LogP contribution in [0.4, 0.5) is 17.6 Å². The van der Waals surface area contributed by atoms with Gasteiger partial charge in [-0.3, -0.25) is 9.69 Å². The first-order valence-corrected chi connectivity index (χ1v) is 10.6. The van der Waals surface area contributed by atoms with E-state index in [-0.39, 0.29) is 31.6 Å². The van der Waals surface area contributed by atoms with Crippen LogP contribution in [0, 0.1) is 23.4 Å². The number of piperidine rings is 1. The van der Waals surface area contributed by atoms with Crippen LogP contribution < -0.4 is 9.47 Å². The molecule has 1 unspecified atom stereocenters. The predicted molar refractivity (Wildman–Crippen MR) is 110 cm³/mol. The van der Waals surface area contributed by atoms with Gasteiger partial charge in [-0.2, -0.15) is 0 Å². The van der Waals surface area contributed by atoms with E-state index in [2.05, 4.69) is 0 Å². The van der Waals surface area contributed by atoms with E-state index >= 15 is 4.39 Å². The van der Waals surface area contributed by atoms with Crippen molar-refractivity contribution in [2.75, 3.05) is 27.3 Å². The van der Waals surface area contributed by atoms with E-state index in [1.54, 1.807) is 12.1 Å². The molecule has 1 atom stereocenters. The van der Waals surface area contributed by atoms with E-state index in [0.717, 1.165) is 17.7 Å². The number of benzene rings is 2. The molecule has 32 heavy (non-hydrogen) atoms. The number of ketones is 1. The van der Waals surface area contributed by atoms with Crippen LogP contribution >= 0.6 is 0 Å². The maximum absolute atomic E-state index is 15.6. The number of ether oxygens (including phenoxy) is 2. The molecule has 8 heteroatoms. The third kappa shape index (κ3) is 4.33. The molecule has 2 aliphatic rings. The lowest BCUT2D eigenvalue weighted by molar-refractivity contribution is 0.0335. The van der Waals surface area contributed by atoms with Gasteiger partial charge in [0.05, 0.1) is 14.2 Å². The van der Waals surface area contributed by atoms with Gasteiger partial charge >= 0.3 is 0 Å². The van der Waals surface area contributed by atoms with Gasteiger partial charge in [-0.25, -0.2) is 17.6 Å². The Kier molecular flexibility index (Phi) is 6.16. The van der Waals surface area contributed by atoms with Crippen molar-refractivity contribution in [2.45, 2.75) is 37.9 Å². The van der Waals surface area contributed by atoms with Gasteiger partial charge in [0.15, 0.2) is 34.7 Å². The third-order valence-electron chi connectivity index (χ3n) is 6.53. The Balaban J connectivity index is 1.38. The standard InChI is InChI=1S/C24H25F4NO3/c1-31-20-10-15-9-16(23(30)17(15)11-21(20)32-2)12-24(28)3-5-29(6-4-24)13-14-7-18(25)22(27)19(26)8-14/h7-8,10-11,16H,3-6,9,12-13H2,1-2H3. The van der Waals surface area contributed by atoms with Crippen molar-refractivity contribution in [3.8, 4) is 11.5 Å². The number of nitrogens with zero attached hydrogens (tertiary/aromatic N) is 1. The molecule has 0 bridgehead atoms. The molecule has 1 fully saturated rings. The normalized spacial score (nSPS) is 20.3. The highest BCUT2D eigenvalue weighted by Crippen LogP contribution is 2.42. The van der Waals surface area contributed by atoms with Crippen molar-refractivity contribution in [1.29, 1.82) is 0 Å². The van der Waals surface area contributed by atoms with Gasteiger partial charge < -0.3 is 9.47 Å². The van der Waals surface area contributed by atoms with Gasteiger partial charge in [0, 0.05) is 31.1 Å². The molecule has 1 aliphatic heterocycles. The molecule has 4 rings (SSSR count). The summed E-state index contributed by atoms with van der Waals surface area (Å²) in [6.07, 6.45) is 1.01. The van der Waals surface area contributed by atoms with E-state index in [0.29, 0.717) is 42.1 Å². The second kappa shape index (κ2) is 8.73. The number of methoxy groups -OCH3 is 2. The Morgan fingerprint density at radius 2 is 1.59 bits per heavy atom. The van der Waals surface area contributed by atoms with Crippen LogP contribution in [-0.2, 0) is 13.0 Å². The summed E-state index contributed by atoms with van der Waals surface area (Å²) in [4.78, 5) is 14.8. The summed E-state index contributed by atoms with van der Waals surface area (Å²) in [5.41, 5.74) is 0.192. The lowest BCUT2D eigenvalue weighted by atomic mass is 9.82. The van der Waals surface area contributed by atoms with Crippen molar-refractivity contribution in [3.05, 3.63) is 58.4 Å². The van der Waals surface area contributed by atoms with Crippen LogP contribution in [0.5, 0.6) is 11.5 Å². The summed E-state index contributed by atoms with van der Waals surface area (Å²) in [6.45, 7) is 0.969. The van der Waals surface area contributed by atoms with Crippen molar-refractivity contribution in [3.63, 3.8) is 0 Å². The van der Waals surface area contributed by atoms with Crippen molar-refractivity contribution in [1.82, 2.24) is 4.90 Å². The summed E-state index contributed by atoms with van der Waals surface area (Å²) < 4.78 is 66.2. The van der Waals surface area contributed by atoms with Crippen LogP contribution in [0.3, 0.4) is 0 Å². The third-order valence-corrected chi connectivity index (χ3v) is 6.53. The highest BCUT2D eigenvalue weighted by Gasteiger charge is 2.42. The molecule has 172 valence electrons. The Morgan fingerprint density at radius 1 is 1.00 bits per heavy atom. The number of carbonyl (C=O) groups is 1. The number of Topliss-reactive ketones (excluding diaryl/α,β-unsaturated/α-hetero) is 1. The van der Waals surface area contributed by atoms with Gasteiger partial charge in [0.25, 0.3) is 0 Å². The molecule has 2 aromatic rings. The maximum atomic E-state index is 15.6. The number of rotatable bonds is 6. The predicted octanol–water partition coefficient (Wildman–Crippen LogP) is 4.87. The molecule has 0 N–H and O–H groups in total. The molecule has 1 heterocycles. The lowest BCUT2D eigenvalue weighted by Gasteiger charge is -2.37. The van der Waals surface area contributed by atoms with Gasteiger partial charge in [-0.15, -0.1) is 0 Å². The zero-order valence-electron chi connectivity index (χ0n) is 18.0. The van der Waals surface area contributed by atoms with Crippen molar-refractivity contribution < 1.29 is 31.8 Å². The van der Waals surface area contributed by atoms with Crippen molar-refractivity contribution >= 4 is 5.78 Å². The average molecular weight is 451 g/mol. The van der Waals surface area contributed by atoms with Gasteiger partial charge in [0.2, 0.25) is 0 Å². The van der Waals surface area contributed by atoms with Gasteiger partial charge in [-0.1, -0.05) is 0 Å². The zero-order chi connectivity index (χ0) is 23.0. The van der Waals surface area contributed by atoms with Gasteiger partial charge in [-0.05, 0) is 61.1 Å². The Hall–Kier alpha value is -2.61. The van der Waals surface area contributed by atoms with Crippen LogP contribution in [-0.4, -0.2) is 43.7 Å². The summed E-state index contributed by atoms with van der Waals surface area (Å²) >= 11 is 0. The van der Waals surface area contributed by atoms with Crippen LogP contribution in [0.2, 0.25) is 0 Å². The smallest absolute Gasteiger partial charge is 0.194 e. The molecule has 2 aromatic carbocycles. The number of carbonyl (C=O) groups excluding carboxylic acids is 1. The van der Waals surface area contributed by atoms with E-state index in [1.807, 2.05) is 4.90 Å². The Morgan fingerprint density at radius 3 is 2.19 bits per heavy atom. The highest BCUT2D eigenvalue weighted by atomic mass is 19.2. The summed E-state index contributed by atoms with van der Waals surface area (Å²) in [6, 6.07) is 5.37. The Bertz CT molecular complexity index is 1010. The number of likely N-dealkylation sites (tertiary alicyclic amines) is 1. The number of fused-ring (bicyclic) bond motifs is 1. The SMILES string of the molecule is COc1cc2c(cc1OC)C(=O)C(CC1(F)CCN(Cc3cc(F)c(F)c(F)c3)CC1)C2. The first-order chi connectivity index (χ1) is 15.2. The molecule has 0 radical (unpaired) electrons. The van der Waals surface area contributed by atoms with Crippen LogP contribution in [0.25, 0.3) is 0 Å². The van der Waals surface area contributed by atoms with Crippen LogP contribution in [0.1, 0.15) is 40.7 Å². The Labute approximate surface area is 184 Å². The zero-order valence-corrected chi connectivity index (χ0v) is 18.0. The van der Waals surface area contributed by atoms with E-state index in [4.69, 9.17) is 9.47 Å². The lowest BCUT2D eigenvalue weighted by Crippen LogP contribution is -2.43. The molecular formula is C24H25F4NO3. The number of hydrogen-bond acceptors (Lipinski definition) is 4. The number of hydrogen-bond donors (Lipinski definition) is 0. The average Bonchev–Trinajstić information content (AvgIpc) is 3.06. The van der Waals surface area contributed by atoms with E-state index < -0.39 is 29.0 Å². The quantitative estimate of drug-likeness (QED) is 0.464. The van der Waals surface area contributed by atoms with E-state index in [9.17, 15) is 18.0 Å². The second-order valence-electron chi connectivity index (χ2n) is 8.63. The molecule has 0 aromatic heterocycles. The number of halogens is 4. The minimum Gasteiger partial charge on any atom is -0.493 e. The highest BCUT2D eigenvalue weighted by molar-refractivity contribution is 6.03. The summed E-state index contributed by atoms with van der Waals surface area (Å²) in [5.74, 6) is -3.48. The fraction of sp³-hybridized carbons (Fsp3) is 0.458. The molecule has 0 spiro atoms. The first kappa shape index (κ1) is 22.6. The molecule has 0 amide bonds. The summed E-state index contributed by atoms with van der Waals surface area (Å²) in [7, 11) is 3.03. The minimum atomic E-state index is -1.49. The number of alkyl halides is 1. The molecule has 0 saturated carbocycles.